The largest absolute Gasteiger partial charge is 0.447 e. The molecule has 2 heterocycles. The highest BCUT2D eigenvalue weighted by molar-refractivity contribution is 8.05. The highest BCUT2D eigenvalue weighted by atomic mass is 32.2. The number of likely N-dealkylation sites (N-methyl/N-ethyl adjacent to an activating group) is 1. The Hall–Kier alpha value is -1.73. The molecule has 0 radical (unpaired) electrons. The van der Waals surface area contributed by atoms with Gasteiger partial charge in [-0.3, -0.25) is 4.79 Å². The van der Waals surface area contributed by atoms with Crippen molar-refractivity contribution < 1.29 is 9.21 Å². The maximum Gasteiger partial charge on any atom is 0.245 e. The van der Waals surface area contributed by atoms with Crippen molar-refractivity contribution in [3.63, 3.8) is 0 Å². The summed E-state index contributed by atoms with van der Waals surface area (Å²) in [4.78, 5) is 19.0. The molecule has 108 valence electrons. The van der Waals surface area contributed by atoms with Crippen LogP contribution in [0.2, 0.25) is 0 Å². The highest BCUT2D eigenvalue weighted by Crippen LogP contribution is 2.28. The Bertz CT molecular complexity index is 512. The van der Waals surface area contributed by atoms with Gasteiger partial charge in [-0.05, 0) is 12.5 Å². The van der Waals surface area contributed by atoms with Crippen LogP contribution in [-0.2, 0) is 11.3 Å². The lowest BCUT2D eigenvalue weighted by atomic mass is 10.2. The monoisotopic (exact) mass is 294 g/mol. The number of oxazole rings is 1. The van der Waals surface area contributed by atoms with Gasteiger partial charge in [0.15, 0.2) is 6.39 Å². The van der Waals surface area contributed by atoms with Crippen molar-refractivity contribution in [2.24, 2.45) is 5.73 Å². The Labute approximate surface area is 122 Å². The lowest BCUT2D eigenvalue weighted by Crippen LogP contribution is -2.44. The smallest absolute Gasteiger partial charge is 0.245 e. The topological polar surface area (TPSA) is 84.4 Å². The zero-order valence-electron chi connectivity index (χ0n) is 11.3. The molecule has 1 aromatic rings. The highest BCUT2D eigenvalue weighted by Gasteiger charge is 2.31. The number of hydrogen-bond donors (Lipinski definition) is 2. The second kappa shape index (κ2) is 6.62. The fraction of sp³-hybridized carbons (Fsp3) is 0.385. The van der Waals surface area contributed by atoms with Crippen LogP contribution >= 0.6 is 11.8 Å². The number of thioether (sulfide) groups is 1. The molecule has 0 saturated heterocycles. The van der Waals surface area contributed by atoms with Crippen molar-refractivity contribution >= 4 is 17.7 Å². The molecule has 0 saturated carbocycles. The first-order valence-corrected chi connectivity index (χ1v) is 7.14. The first-order valence-electron chi connectivity index (χ1n) is 6.26. The zero-order valence-corrected chi connectivity index (χ0v) is 12.2. The molecule has 0 fully saturated rings. The number of carbonyl (C=O) groups excluding carboxylic acids is 1. The molecule has 20 heavy (non-hydrogen) atoms. The van der Waals surface area contributed by atoms with Crippen LogP contribution in [0.4, 0.5) is 0 Å². The Kier molecular flexibility index (Phi) is 4.86. The molecule has 0 bridgehead atoms. The molecule has 0 spiro atoms. The summed E-state index contributed by atoms with van der Waals surface area (Å²) >= 11 is 1.39. The molecule has 1 unspecified atom stereocenters. The van der Waals surface area contributed by atoms with Crippen LogP contribution in [0, 0.1) is 0 Å². The molecular formula is C13H18N4O2S. The number of nitrogens with one attached hydrogen (secondary N) is 1. The SMILES string of the molecule is C=CSC1=C(N)CCN(Cc2cnco2)C(=O)C1NC. The third-order valence-corrected chi connectivity index (χ3v) is 4.04. The summed E-state index contributed by atoms with van der Waals surface area (Å²) in [6.07, 6.45) is 3.61. The molecule has 2 rings (SSSR count). The zero-order chi connectivity index (χ0) is 14.5. The van der Waals surface area contributed by atoms with Gasteiger partial charge < -0.3 is 20.4 Å². The second-order valence-electron chi connectivity index (χ2n) is 4.37. The van der Waals surface area contributed by atoms with Crippen molar-refractivity contribution in [2.75, 3.05) is 13.6 Å². The van der Waals surface area contributed by atoms with E-state index in [-0.39, 0.29) is 5.91 Å². The minimum absolute atomic E-state index is 0.0197. The molecule has 6 nitrogen and oxygen atoms in total. The first-order chi connectivity index (χ1) is 9.67. The van der Waals surface area contributed by atoms with Gasteiger partial charge in [-0.15, -0.1) is 0 Å². The van der Waals surface area contributed by atoms with E-state index in [2.05, 4.69) is 16.9 Å². The average Bonchev–Trinajstić information content (AvgIpc) is 2.92. The van der Waals surface area contributed by atoms with Crippen molar-refractivity contribution in [1.29, 1.82) is 0 Å². The number of hydrogen-bond acceptors (Lipinski definition) is 6. The van der Waals surface area contributed by atoms with E-state index in [1.54, 1.807) is 23.6 Å². The molecule has 0 aliphatic carbocycles. The summed E-state index contributed by atoms with van der Waals surface area (Å²) in [5.41, 5.74) is 6.81. The summed E-state index contributed by atoms with van der Waals surface area (Å²) in [7, 11) is 1.75. The minimum Gasteiger partial charge on any atom is -0.447 e. The van der Waals surface area contributed by atoms with Crippen LogP contribution in [0.25, 0.3) is 0 Å². The molecule has 1 amide bonds. The van der Waals surface area contributed by atoms with E-state index in [4.69, 9.17) is 10.2 Å². The minimum atomic E-state index is -0.441. The van der Waals surface area contributed by atoms with Gasteiger partial charge >= 0.3 is 0 Å². The van der Waals surface area contributed by atoms with E-state index < -0.39 is 6.04 Å². The third-order valence-electron chi connectivity index (χ3n) is 3.12. The lowest BCUT2D eigenvalue weighted by Gasteiger charge is -2.24. The molecule has 1 aromatic heterocycles. The van der Waals surface area contributed by atoms with Crippen molar-refractivity contribution in [2.45, 2.75) is 19.0 Å². The maximum absolute atomic E-state index is 12.6. The van der Waals surface area contributed by atoms with Crippen LogP contribution in [0.5, 0.6) is 0 Å². The number of nitrogens with zero attached hydrogens (tertiary/aromatic N) is 2. The summed E-state index contributed by atoms with van der Waals surface area (Å²) in [5, 5.41) is 4.71. The van der Waals surface area contributed by atoms with Gasteiger partial charge in [-0.2, -0.15) is 0 Å². The van der Waals surface area contributed by atoms with Gasteiger partial charge in [0.05, 0.1) is 12.7 Å². The van der Waals surface area contributed by atoms with E-state index >= 15 is 0 Å². The number of carbonyl (C=O) groups is 1. The molecule has 1 aliphatic heterocycles. The van der Waals surface area contributed by atoms with E-state index in [1.807, 2.05) is 0 Å². The van der Waals surface area contributed by atoms with Gasteiger partial charge in [0.1, 0.15) is 11.8 Å². The first kappa shape index (κ1) is 14.7. The standard InChI is InChI=1S/C13H18N4O2S/c1-3-20-12-10(14)4-5-17(13(18)11(12)15-2)7-9-6-16-8-19-9/h3,6,8,11,15H,1,4-5,7,14H2,2H3. The predicted octanol–water partition coefficient (Wildman–Crippen LogP) is 1.04. The Balaban J connectivity index is 2.20. The second-order valence-corrected chi connectivity index (χ2v) is 5.38. The molecule has 7 heteroatoms. The number of amides is 1. The van der Waals surface area contributed by atoms with E-state index in [9.17, 15) is 4.79 Å². The van der Waals surface area contributed by atoms with Crippen molar-refractivity contribution in [3.05, 3.63) is 40.9 Å². The Morgan fingerprint density at radius 3 is 3.15 bits per heavy atom. The summed E-state index contributed by atoms with van der Waals surface area (Å²) < 4.78 is 5.20. The predicted molar refractivity (Wildman–Crippen MR) is 78.4 cm³/mol. The Morgan fingerprint density at radius 2 is 2.55 bits per heavy atom. The number of nitrogens with two attached hydrogens (primary N) is 1. The molecular weight excluding hydrogens is 276 g/mol. The van der Waals surface area contributed by atoms with Gasteiger partial charge in [0.25, 0.3) is 0 Å². The van der Waals surface area contributed by atoms with Crippen LogP contribution in [0.1, 0.15) is 12.2 Å². The quantitative estimate of drug-likeness (QED) is 0.844. The van der Waals surface area contributed by atoms with Gasteiger partial charge in [-0.1, -0.05) is 18.3 Å². The van der Waals surface area contributed by atoms with E-state index in [1.165, 1.54) is 18.2 Å². The normalized spacial score (nSPS) is 20.1. The molecule has 3 N–H and O–H groups in total. The van der Waals surface area contributed by atoms with Crippen LogP contribution in [0.15, 0.2) is 39.6 Å². The van der Waals surface area contributed by atoms with Crippen LogP contribution < -0.4 is 11.1 Å². The Morgan fingerprint density at radius 1 is 1.75 bits per heavy atom. The summed E-state index contributed by atoms with van der Waals surface area (Å²) in [5.74, 6) is 0.639. The lowest BCUT2D eigenvalue weighted by molar-refractivity contribution is -0.132. The van der Waals surface area contributed by atoms with Crippen molar-refractivity contribution in [3.8, 4) is 0 Å². The number of aromatic nitrogens is 1. The molecule has 0 aromatic carbocycles. The van der Waals surface area contributed by atoms with E-state index in [0.717, 1.165) is 10.6 Å². The molecule has 1 atom stereocenters. The van der Waals surface area contributed by atoms with E-state index in [0.29, 0.717) is 25.3 Å². The van der Waals surface area contributed by atoms with Gasteiger partial charge in [-0.25, -0.2) is 4.98 Å². The average molecular weight is 294 g/mol. The van der Waals surface area contributed by atoms with Gasteiger partial charge in [0.2, 0.25) is 5.91 Å². The summed E-state index contributed by atoms with van der Waals surface area (Å²) in [6.45, 7) is 4.65. The van der Waals surface area contributed by atoms with Crippen LogP contribution in [-0.4, -0.2) is 35.4 Å². The number of rotatable bonds is 5. The van der Waals surface area contributed by atoms with Crippen LogP contribution in [0.3, 0.4) is 0 Å². The van der Waals surface area contributed by atoms with Gasteiger partial charge in [0, 0.05) is 23.6 Å². The molecule has 1 aliphatic rings. The fourth-order valence-electron chi connectivity index (χ4n) is 2.12. The maximum atomic E-state index is 12.6. The third kappa shape index (κ3) is 3.05. The fourth-order valence-corrected chi connectivity index (χ4v) is 2.91. The van der Waals surface area contributed by atoms with Crippen molar-refractivity contribution in [1.82, 2.24) is 15.2 Å². The summed E-state index contributed by atoms with van der Waals surface area (Å²) in [6, 6.07) is -0.441.